The Bertz CT molecular complexity index is 759. The molecule has 0 saturated carbocycles. The second-order valence-electron chi connectivity index (χ2n) is 7.06. The number of methoxy groups -OCH3 is 1. The number of ether oxygens (including phenoxy) is 3. The normalized spacial score (nSPS) is 15.2. The molecular formula is C22H29ClN2O4. The lowest BCUT2D eigenvalue weighted by Crippen LogP contribution is -2.46. The maximum Gasteiger partial charge on any atom is 0.232 e. The number of hydrogen-bond donors (Lipinski definition) is 2. The lowest BCUT2D eigenvalue weighted by atomic mass is 9.79. The number of halogens is 1. The van der Waals surface area contributed by atoms with E-state index in [1.807, 2.05) is 48.5 Å². The van der Waals surface area contributed by atoms with Crippen LogP contribution in [0.1, 0.15) is 18.4 Å². The summed E-state index contributed by atoms with van der Waals surface area (Å²) in [4.78, 5) is 12.7. The highest BCUT2D eigenvalue weighted by molar-refractivity contribution is 5.95. The summed E-state index contributed by atoms with van der Waals surface area (Å²) in [5.41, 5.74) is 7.28. The molecule has 0 unspecified atom stereocenters. The summed E-state index contributed by atoms with van der Waals surface area (Å²) in [5, 5.41) is 2.98. The fraction of sp³-hybridized carbons (Fsp3) is 0.409. The quantitative estimate of drug-likeness (QED) is 0.679. The van der Waals surface area contributed by atoms with E-state index in [2.05, 4.69) is 5.32 Å². The minimum Gasteiger partial charge on any atom is -0.457 e. The summed E-state index contributed by atoms with van der Waals surface area (Å²) in [6, 6.07) is 15.3. The molecule has 0 radical (unpaired) electrons. The first-order valence-electron chi connectivity index (χ1n) is 9.60. The molecular weight excluding hydrogens is 392 g/mol. The Kier molecular flexibility index (Phi) is 8.92. The third-order valence-electron chi connectivity index (χ3n) is 5.19. The zero-order valence-corrected chi connectivity index (χ0v) is 17.5. The first-order valence-corrected chi connectivity index (χ1v) is 9.60. The second-order valence-corrected chi connectivity index (χ2v) is 7.06. The van der Waals surface area contributed by atoms with Crippen LogP contribution in [-0.2, 0) is 20.7 Å². The van der Waals surface area contributed by atoms with Gasteiger partial charge >= 0.3 is 0 Å². The lowest BCUT2D eigenvalue weighted by molar-refractivity contribution is -0.130. The lowest BCUT2D eigenvalue weighted by Gasteiger charge is -2.34. The van der Waals surface area contributed by atoms with Crippen LogP contribution in [0.25, 0.3) is 0 Å². The first kappa shape index (κ1) is 23.2. The molecule has 3 N–H and O–H groups in total. The Morgan fingerprint density at radius 2 is 1.66 bits per heavy atom. The average Bonchev–Trinajstić information content (AvgIpc) is 2.75. The Labute approximate surface area is 178 Å². The molecule has 1 saturated heterocycles. The molecule has 1 aliphatic heterocycles. The number of carbonyl (C=O) groups is 1. The average molecular weight is 421 g/mol. The van der Waals surface area contributed by atoms with Gasteiger partial charge in [0, 0.05) is 32.6 Å². The molecule has 0 aromatic heterocycles. The van der Waals surface area contributed by atoms with Crippen LogP contribution in [-0.4, -0.2) is 39.4 Å². The number of hydrogen-bond acceptors (Lipinski definition) is 5. The van der Waals surface area contributed by atoms with Crippen molar-refractivity contribution in [2.45, 2.75) is 19.3 Å². The van der Waals surface area contributed by atoms with Crippen LogP contribution in [0.4, 0.5) is 5.69 Å². The van der Waals surface area contributed by atoms with Gasteiger partial charge in [0.25, 0.3) is 0 Å². The Morgan fingerprint density at radius 1 is 1.07 bits per heavy atom. The number of nitrogens with two attached hydrogens (primary N) is 1. The van der Waals surface area contributed by atoms with Crippen molar-refractivity contribution in [1.29, 1.82) is 0 Å². The third kappa shape index (κ3) is 6.18. The SMILES string of the molecule is COCCc1ccc(Oc2ccc(NC(=O)C3(CN)CCOCC3)cc2)cc1.Cl. The van der Waals surface area contributed by atoms with Crippen LogP contribution >= 0.6 is 12.4 Å². The smallest absolute Gasteiger partial charge is 0.232 e. The van der Waals surface area contributed by atoms with Gasteiger partial charge in [0.1, 0.15) is 11.5 Å². The van der Waals surface area contributed by atoms with Crippen molar-refractivity contribution >= 4 is 24.0 Å². The molecule has 6 nitrogen and oxygen atoms in total. The van der Waals surface area contributed by atoms with Crippen molar-refractivity contribution in [2.75, 3.05) is 38.8 Å². The van der Waals surface area contributed by atoms with Gasteiger partial charge in [-0.05, 0) is 61.2 Å². The van der Waals surface area contributed by atoms with E-state index in [0.717, 1.165) is 17.9 Å². The molecule has 0 atom stereocenters. The Balaban J connectivity index is 0.00000300. The Morgan fingerprint density at radius 3 is 2.21 bits per heavy atom. The molecule has 2 aromatic rings. The van der Waals surface area contributed by atoms with Crippen molar-refractivity contribution in [1.82, 2.24) is 0 Å². The molecule has 7 heteroatoms. The van der Waals surface area contributed by atoms with Crippen molar-refractivity contribution in [3.05, 3.63) is 54.1 Å². The minimum atomic E-state index is -0.544. The minimum absolute atomic E-state index is 0. The van der Waals surface area contributed by atoms with E-state index in [-0.39, 0.29) is 18.3 Å². The third-order valence-corrected chi connectivity index (χ3v) is 5.19. The zero-order chi connectivity index (χ0) is 19.8. The highest BCUT2D eigenvalue weighted by Crippen LogP contribution is 2.31. The summed E-state index contributed by atoms with van der Waals surface area (Å²) in [7, 11) is 1.70. The van der Waals surface area contributed by atoms with E-state index >= 15 is 0 Å². The second kappa shape index (κ2) is 11.2. The summed E-state index contributed by atoms with van der Waals surface area (Å²) in [5.74, 6) is 1.43. The predicted molar refractivity (Wildman–Crippen MR) is 116 cm³/mol. The highest BCUT2D eigenvalue weighted by atomic mass is 35.5. The Hall–Kier alpha value is -2.12. The molecule has 3 rings (SSSR count). The molecule has 29 heavy (non-hydrogen) atoms. The van der Waals surface area contributed by atoms with Crippen molar-refractivity contribution in [3.63, 3.8) is 0 Å². The van der Waals surface area contributed by atoms with Gasteiger partial charge in [0.2, 0.25) is 5.91 Å². The molecule has 1 fully saturated rings. The molecule has 0 spiro atoms. The van der Waals surface area contributed by atoms with Crippen LogP contribution in [0.5, 0.6) is 11.5 Å². The van der Waals surface area contributed by atoms with E-state index in [1.165, 1.54) is 5.56 Å². The van der Waals surface area contributed by atoms with Crippen molar-refractivity contribution in [2.24, 2.45) is 11.1 Å². The van der Waals surface area contributed by atoms with Crippen molar-refractivity contribution in [3.8, 4) is 11.5 Å². The van der Waals surface area contributed by atoms with E-state index in [0.29, 0.717) is 45.0 Å². The topological polar surface area (TPSA) is 82.8 Å². The van der Waals surface area contributed by atoms with Gasteiger partial charge in [0.05, 0.1) is 12.0 Å². The van der Waals surface area contributed by atoms with Gasteiger partial charge < -0.3 is 25.3 Å². The van der Waals surface area contributed by atoms with E-state index < -0.39 is 5.41 Å². The number of carbonyl (C=O) groups excluding carboxylic acids is 1. The fourth-order valence-corrected chi connectivity index (χ4v) is 3.24. The molecule has 0 bridgehead atoms. The molecule has 1 aliphatic rings. The van der Waals surface area contributed by atoms with Gasteiger partial charge in [0.15, 0.2) is 0 Å². The van der Waals surface area contributed by atoms with Crippen LogP contribution in [0.2, 0.25) is 0 Å². The molecule has 0 aliphatic carbocycles. The van der Waals surface area contributed by atoms with Gasteiger partial charge in [-0.25, -0.2) is 0 Å². The first-order chi connectivity index (χ1) is 13.6. The monoisotopic (exact) mass is 420 g/mol. The molecule has 1 amide bonds. The van der Waals surface area contributed by atoms with Gasteiger partial charge in [-0.2, -0.15) is 0 Å². The summed E-state index contributed by atoms with van der Waals surface area (Å²) in [6.07, 6.45) is 2.18. The van der Waals surface area contributed by atoms with Crippen LogP contribution < -0.4 is 15.8 Å². The number of rotatable bonds is 8. The molecule has 2 aromatic carbocycles. The van der Waals surface area contributed by atoms with Gasteiger partial charge in [-0.1, -0.05) is 12.1 Å². The number of benzene rings is 2. The van der Waals surface area contributed by atoms with Gasteiger partial charge in [-0.15, -0.1) is 12.4 Å². The summed E-state index contributed by atoms with van der Waals surface area (Å²) in [6.45, 7) is 2.17. The largest absolute Gasteiger partial charge is 0.457 e. The maximum absolute atomic E-state index is 12.7. The van der Waals surface area contributed by atoms with E-state index in [9.17, 15) is 4.79 Å². The van der Waals surface area contributed by atoms with E-state index in [4.69, 9.17) is 19.9 Å². The van der Waals surface area contributed by atoms with Crippen LogP contribution in [0.3, 0.4) is 0 Å². The van der Waals surface area contributed by atoms with Crippen LogP contribution in [0.15, 0.2) is 48.5 Å². The maximum atomic E-state index is 12.7. The predicted octanol–water partition coefficient (Wildman–Crippen LogP) is 3.78. The van der Waals surface area contributed by atoms with Crippen molar-refractivity contribution < 1.29 is 19.0 Å². The molecule has 158 valence electrons. The standard InChI is InChI=1S/C22H28N2O4.ClH/c1-26-13-10-17-2-6-19(7-3-17)28-20-8-4-18(5-9-20)24-21(25)22(16-23)11-14-27-15-12-22;/h2-9H,10-16,23H2,1H3,(H,24,25);1H. The number of anilines is 1. The highest BCUT2D eigenvalue weighted by Gasteiger charge is 2.38. The summed E-state index contributed by atoms with van der Waals surface area (Å²) >= 11 is 0. The number of amides is 1. The van der Waals surface area contributed by atoms with Crippen LogP contribution in [0, 0.1) is 5.41 Å². The fourth-order valence-electron chi connectivity index (χ4n) is 3.24. The zero-order valence-electron chi connectivity index (χ0n) is 16.7. The van der Waals surface area contributed by atoms with E-state index in [1.54, 1.807) is 7.11 Å². The van der Waals surface area contributed by atoms with Gasteiger partial charge in [-0.3, -0.25) is 4.79 Å². The number of nitrogens with one attached hydrogen (secondary N) is 1. The summed E-state index contributed by atoms with van der Waals surface area (Å²) < 4.78 is 16.3. The molecule has 1 heterocycles.